The van der Waals surface area contributed by atoms with Crippen LogP contribution in [0.1, 0.15) is 30.2 Å². The van der Waals surface area contributed by atoms with Gasteiger partial charge in [0.1, 0.15) is 0 Å². The number of thiophene rings is 1. The molecule has 1 fully saturated rings. The molecule has 1 aliphatic rings. The van der Waals surface area contributed by atoms with Gasteiger partial charge in [0.2, 0.25) is 0 Å². The Labute approximate surface area is 91.5 Å². The number of rotatable bonds is 1. The summed E-state index contributed by atoms with van der Waals surface area (Å²) >= 11 is 5.45. The van der Waals surface area contributed by atoms with E-state index in [1.54, 1.807) is 0 Å². The van der Waals surface area contributed by atoms with Crippen molar-refractivity contribution in [2.24, 2.45) is 11.1 Å². The third-order valence-corrected chi connectivity index (χ3v) is 5.62. The third-order valence-electron chi connectivity index (χ3n) is 3.12. The van der Waals surface area contributed by atoms with Crippen molar-refractivity contribution < 1.29 is 0 Å². The van der Waals surface area contributed by atoms with Gasteiger partial charge in [-0.2, -0.15) is 0 Å². The first kappa shape index (κ1) is 9.69. The fraction of sp³-hybridized carbons (Fsp3) is 0.600. The molecule has 1 aromatic rings. The number of hydrogen-bond acceptors (Lipinski definition) is 2. The first-order valence-electron chi connectivity index (χ1n) is 4.45. The maximum absolute atomic E-state index is 6.04. The molecule has 0 bridgehead atoms. The summed E-state index contributed by atoms with van der Waals surface area (Å²) in [5, 5.41) is 2.19. The quantitative estimate of drug-likeness (QED) is 0.824. The van der Waals surface area contributed by atoms with Crippen LogP contribution in [0.3, 0.4) is 0 Å². The Morgan fingerprint density at radius 2 is 2.08 bits per heavy atom. The molecule has 72 valence electrons. The second kappa shape index (κ2) is 2.81. The van der Waals surface area contributed by atoms with Crippen molar-refractivity contribution in [3.05, 3.63) is 20.3 Å². The van der Waals surface area contributed by atoms with E-state index in [0.29, 0.717) is 17.4 Å². The Morgan fingerprint density at radius 3 is 2.38 bits per heavy atom. The predicted octanol–water partition coefficient (Wildman–Crippen LogP) is 3.27. The standard InChI is InChI=1S/C10H14BrNS/c1-5-4-13-8(7(5)11)6-9(12)10(6,2)3/h4,6,9H,12H2,1-3H3/t6-,9-/m1/s1. The van der Waals surface area contributed by atoms with E-state index in [0.717, 1.165) is 0 Å². The third kappa shape index (κ3) is 1.29. The summed E-state index contributed by atoms with van der Waals surface area (Å²) in [4.78, 5) is 1.43. The van der Waals surface area contributed by atoms with Gasteiger partial charge in [-0.15, -0.1) is 11.3 Å². The molecule has 1 nitrogen and oxygen atoms in total. The average Bonchev–Trinajstić information content (AvgIpc) is 2.39. The molecule has 0 amide bonds. The van der Waals surface area contributed by atoms with Crippen molar-refractivity contribution in [3.63, 3.8) is 0 Å². The molecule has 1 heterocycles. The lowest BCUT2D eigenvalue weighted by atomic mass is 10.1. The smallest absolute Gasteiger partial charge is 0.0347 e. The molecule has 1 saturated carbocycles. The SMILES string of the molecule is Cc1csc([C@@H]2[C@@H](N)C2(C)C)c1Br. The van der Waals surface area contributed by atoms with E-state index in [2.05, 4.69) is 42.1 Å². The van der Waals surface area contributed by atoms with E-state index in [1.165, 1.54) is 14.9 Å². The monoisotopic (exact) mass is 259 g/mol. The van der Waals surface area contributed by atoms with Gasteiger partial charge in [0.25, 0.3) is 0 Å². The van der Waals surface area contributed by atoms with Gasteiger partial charge in [0.05, 0.1) is 0 Å². The summed E-state index contributed by atoms with van der Waals surface area (Å²) in [6.07, 6.45) is 0. The molecule has 0 aromatic carbocycles. The molecule has 2 atom stereocenters. The zero-order valence-corrected chi connectivity index (χ0v) is 10.5. The zero-order valence-electron chi connectivity index (χ0n) is 8.10. The van der Waals surface area contributed by atoms with E-state index in [1.807, 2.05) is 11.3 Å². The predicted molar refractivity (Wildman–Crippen MR) is 61.3 cm³/mol. The minimum absolute atomic E-state index is 0.291. The second-order valence-corrected chi connectivity index (χ2v) is 6.13. The first-order valence-corrected chi connectivity index (χ1v) is 6.12. The minimum Gasteiger partial charge on any atom is -0.327 e. The highest BCUT2D eigenvalue weighted by Gasteiger charge is 2.57. The molecule has 0 aliphatic heterocycles. The van der Waals surface area contributed by atoms with Crippen LogP contribution in [0.4, 0.5) is 0 Å². The van der Waals surface area contributed by atoms with Gasteiger partial charge in [0.15, 0.2) is 0 Å². The lowest BCUT2D eigenvalue weighted by Gasteiger charge is -2.00. The molecule has 13 heavy (non-hydrogen) atoms. The lowest BCUT2D eigenvalue weighted by Crippen LogP contribution is -2.06. The van der Waals surface area contributed by atoms with E-state index < -0.39 is 0 Å². The van der Waals surface area contributed by atoms with E-state index in [9.17, 15) is 0 Å². The highest BCUT2D eigenvalue weighted by Crippen LogP contribution is 2.60. The van der Waals surface area contributed by atoms with E-state index >= 15 is 0 Å². The molecule has 2 rings (SSSR count). The van der Waals surface area contributed by atoms with E-state index in [-0.39, 0.29) is 0 Å². The Morgan fingerprint density at radius 1 is 1.54 bits per heavy atom. The van der Waals surface area contributed by atoms with Gasteiger partial charge in [-0.1, -0.05) is 13.8 Å². The van der Waals surface area contributed by atoms with Crippen molar-refractivity contribution in [1.82, 2.24) is 0 Å². The van der Waals surface area contributed by atoms with Crippen molar-refractivity contribution in [1.29, 1.82) is 0 Å². The highest BCUT2D eigenvalue weighted by molar-refractivity contribution is 9.10. The summed E-state index contributed by atoms with van der Waals surface area (Å²) in [6.45, 7) is 6.61. The second-order valence-electron chi connectivity index (χ2n) is 4.42. The number of halogens is 1. The lowest BCUT2D eigenvalue weighted by molar-refractivity contribution is 0.600. The molecule has 0 radical (unpaired) electrons. The van der Waals surface area contributed by atoms with Crippen LogP contribution in [-0.4, -0.2) is 6.04 Å². The van der Waals surface area contributed by atoms with Crippen LogP contribution < -0.4 is 5.73 Å². The molecule has 2 N–H and O–H groups in total. The van der Waals surface area contributed by atoms with Gasteiger partial charge in [0, 0.05) is 21.3 Å². The molecule has 1 aliphatic carbocycles. The van der Waals surface area contributed by atoms with Crippen molar-refractivity contribution in [3.8, 4) is 0 Å². The largest absolute Gasteiger partial charge is 0.327 e. The molecule has 3 heteroatoms. The molecular formula is C10H14BrNS. The number of nitrogens with two attached hydrogens (primary N) is 1. The summed E-state index contributed by atoms with van der Waals surface area (Å²) in [7, 11) is 0. The minimum atomic E-state index is 0.291. The topological polar surface area (TPSA) is 26.0 Å². The van der Waals surface area contributed by atoms with Crippen molar-refractivity contribution in [2.45, 2.75) is 32.7 Å². The van der Waals surface area contributed by atoms with Crippen LogP contribution in [-0.2, 0) is 0 Å². The summed E-state index contributed by atoms with van der Waals surface area (Å²) in [5.74, 6) is 0.556. The Kier molecular flexibility index (Phi) is 2.10. The van der Waals surface area contributed by atoms with E-state index in [4.69, 9.17) is 5.73 Å². The molecule has 0 unspecified atom stereocenters. The molecular weight excluding hydrogens is 246 g/mol. The van der Waals surface area contributed by atoms with Crippen LogP contribution in [0.2, 0.25) is 0 Å². The first-order chi connectivity index (χ1) is 5.96. The Balaban J connectivity index is 2.34. The average molecular weight is 260 g/mol. The highest BCUT2D eigenvalue weighted by atomic mass is 79.9. The van der Waals surface area contributed by atoms with Crippen LogP contribution in [0.25, 0.3) is 0 Å². The Bertz CT molecular complexity index is 343. The molecule has 1 aromatic heterocycles. The summed E-state index contributed by atoms with van der Waals surface area (Å²) in [6, 6.07) is 0.335. The van der Waals surface area contributed by atoms with Gasteiger partial charge in [-0.3, -0.25) is 0 Å². The Hall–Kier alpha value is 0.140. The fourth-order valence-electron chi connectivity index (χ4n) is 1.84. The molecule has 0 saturated heterocycles. The van der Waals surface area contributed by atoms with Crippen molar-refractivity contribution in [2.75, 3.05) is 0 Å². The van der Waals surface area contributed by atoms with Gasteiger partial charge < -0.3 is 5.73 Å². The van der Waals surface area contributed by atoms with Crippen LogP contribution in [0.5, 0.6) is 0 Å². The normalized spacial score (nSPS) is 30.5. The zero-order chi connectivity index (χ0) is 9.80. The van der Waals surface area contributed by atoms with Gasteiger partial charge >= 0.3 is 0 Å². The van der Waals surface area contributed by atoms with Crippen LogP contribution in [0.15, 0.2) is 9.85 Å². The van der Waals surface area contributed by atoms with Crippen LogP contribution in [0, 0.1) is 12.3 Å². The number of aryl methyl sites for hydroxylation is 1. The van der Waals surface area contributed by atoms with Gasteiger partial charge in [-0.05, 0) is 39.2 Å². The van der Waals surface area contributed by atoms with Crippen molar-refractivity contribution >= 4 is 27.3 Å². The van der Waals surface area contributed by atoms with Gasteiger partial charge in [-0.25, -0.2) is 0 Å². The maximum Gasteiger partial charge on any atom is 0.0347 e. The summed E-state index contributed by atoms with van der Waals surface area (Å²) in [5.41, 5.74) is 7.66. The summed E-state index contributed by atoms with van der Waals surface area (Å²) < 4.78 is 1.27. The maximum atomic E-state index is 6.04. The number of hydrogen-bond donors (Lipinski definition) is 1. The van der Waals surface area contributed by atoms with Crippen LogP contribution >= 0.6 is 27.3 Å². The molecule has 0 spiro atoms. The fourth-order valence-corrected chi connectivity index (χ4v) is 3.91.